The average Bonchev–Trinajstić information content (AvgIpc) is 2.53. The van der Waals surface area contributed by atoms with Crippen molar-refractivity contribution >= 4 is 10.0 Å². The van der Waals surface area contributed by atoms with Crippen LogP contribution in [0.25, 0.3) is 11.1 Å². The molecular formula is C17H18FNO2S. The van der Waals surface area contributed by atoms with Crippen LogP contribution < -0.4 is 4.72 Å². The fraction of sp³-hybridized carbons (Fsp3) is 0.176. The van der Waals surface area contributed by atoms with E-state index in [1.165, 1.54) is 6.07 Å². The highest BCUT2D eigenvalue weighted by atomic mass is 32.2. The van der Waals surface area contributed by atoms with Crippen LogP contribution in [0, 0.1) is 5.82 Å². The van der Waals surface area contributed by atoms with Gasteiger partial charge in [-0.25, -0.2) is 17.5 Å². The largest absolute Gasteiger partial charge is 0.233 e. The average molecular weight is 319 g/mol. The maximum atomic E-state index is 13.7. The van der Waals surface area contributed by atoms with Crippen molar-refractivity contribution in [1.82, 2.24) is 4.72 Å². The molecule has 5 heteroatoms. The summed E-state index contributed by atoms with van der Waals surface area (Å²) in [5, 5.41) is 0.890. The Morgan fingerprint density at radius 3 is 2.41 bits per heavy atom. The summed E-state index contributed by atoms with van der Waals surface area (Å²) >= 11 is 0. The number of halogens is 1. The maximum Gasteiger partial charge on any atom is 0.233 e. The van der Waals surface area contributed by atoms with Gasteiger partial charge in [-0.15, -0.1) is 0 Å². The second-order valence-corrected chi connectivity index (χ2v) is 6.78. The van der Waals surface area contributed by atoms with Crippen LogP contribution in [0.2, 0.25) is 0 Å². The number of rotatable bonds is 6. The van der Waals surface area contributed by atoms with Crippen molar-refractivity contribution in [1.29, 1.82) is 0 Å². The highest BCUT2D eigenvalue weighted by molar-refractivity contribution is 7.92. The molecule has 22 heavy (non-hydrogen) atoms. The van der Waals surface area contributed by atoms with Crippen molar-refractivity contribution in [2.75, 3.05) is 6.54 Å². The SMILES string of the molecule is C=CS(=O)(=O)NCC(C)c1ccc(-c2ccccc2F)cc1. The second-order valence-electron chi connectivity index (χ2n) is 5.06. The van der Waals surface area contributed by atoms with Gasteiger partial charge in [-0.1, -0.05) is 56.0 Å². The van der Waals surface area contributed by atoms with E-state index in [-0.39, 0.29) is 18.3 Å². The molecule has 0 spiro atoms. The topological polar surface area (TPSA) is 46.2 Å². The molecule has 2 rings (SSSR count). The van der Waals surface area contributed by atoms with Crippen LogP contribution in [0.5, 0.6) is 0 Å². The van der Waals surface area contributed by atoms with Gasteiger partial charge in [0.05, 0.1) is 0 Å². The summed E-state index contributed by atoms with van der Waals surface area (Å²) in [6, 6.07) is 14.0. The molecule has 2 aromatic carbocycles. The van der Waals surface area contributed by atoms with Gasteiger partial charge in [0.1, 0.15) is 5.82 Å². The lowest BCUT2D eigenvalue weighted by Crippen LogP contribution is -2.25. The molecule has 3 nitrogen and oxygen atoms in total. The lowest BCUT2D eigenvalue weighted by atomic mass is 9.97. The van der Waals surface area contributed by atoms with Crippen molar-refractivity contribution in [3.8, 4) is 11.1 Å². The lowest BCUT2D eigenvalue weighted by molar-refractivity contribution is 0.584. The molecule has 116 valence electrons. The van der Waals surface area contributed by atoms with Crippen molar-refractivity contribution < 1.29 is 12.8 Å². The van der Waals surface area contributed by atoms with Crippen molar-refractivity contribution in [2.24, 2.45) is 0 Å². The van der Waals surface area contributed by atoms with Crippen LogP contribution in [-0.2, 0) is 10.0 Å². The third-order valence-electron chi connectivity index (χ3n) is 3.47. The number of hydrogen-bond acceptors (Lipinski definition) is 2. The van der Waals surface area contributed by atoms with Gasteiger partial charge in [-0.3, -0.25) is 0 Å². The van der Waals surface area contributed by atoms with Crippen molar-refractivity contribution in [3.05, 3.63) is 71.9 Å². The number of hydrogen-bond donors (Lipinski definition) is 1. The Balaban J connectivity index is 2.12. The summed E-state index contributed by atoms with van der Waals surface area (Å²) < 4.78 is 38.9. The molecule has 0 fully saturated rings. The highest BCUT2D eigenvalue weighted by Gasteiger charge is 2.10. The lowest BCUT2D eigenvalue weighted by Gasteiger charge is -2.13. The van der Waals surface area contributed by atoms with E-state index in [0.29, 0.717) is 5.56 Å². The molecule has 0 radical (unpaired) electrons. The first-order valence-corrected chi connectivity index (χ1v) is 8.44. The number of benzene rings is 2. The molecule has 0 amide bonds. The Morgan fingerprint density at radius 1 is 1.18 bits per heavy atom. The second kappa shape index (κ2) is 6.85. The summed E-state index contributed by atoms with van der Waals surface area (Å²) in [6.45, 7) is 5.46. The Bertz CT molecular complexity index is 754. The van der Waals surface area contributed by atoms with E-state index in [0.717, 1.165) is 16.5 Å². The fourth-order valence-electron chi connectivity index (χ4n) is 2.10. The van der Waals surface area contributed by atoms with Gasteiger partial charge in [-0.05, 0) is 23.1 Å². The molecule has 0 aliphatic carbocycles. The monoisotopic (exact) mass is 319 g/mol. The zero-order valence-electron chi connectivity index (χ0n) is 12.3. The molecule has 2 aromatic rings. The van der Waals surface area contributed by atoms with Crippen LogP contribution in [0.4, 0.5) is 4.39 Å². The van der Waals surface area contributed by atoms with Gasteiger partial charge in [-0.2, -0.15) is 0 Å². The minimum Gasteiger partial charge on any atom is -0.211 e. The summed E-state index contributed by atoms with van der Waals surface area (Å²) in [7, 11) is -3.42. The van der Waals surface area contributed by atoms with Gasteiger partial charge >= 0.3 is 0 Å². The first-order chi connectivity index (χ1) is 10.4. The van der Waals surface area contributed by atoms with Crippen LogP contribution in [0.15, 0.2) is 60.5 Å². The maximum absolute atomic E-state index is 13.7. The molecule has 0 saturated heterocycles. The predicted molar refractivity (Wildman–Crippen MR) is 87.4 cm³/mol. The molecular weight excluding hydrogens is 301 g/mol. The van der Waals surface area contributed by atoms with Gasteiger partial charge in [0, 0.05) is 17.5 Å². The molecule has 1 atom stereocenters. The minimum atomic E-state index is -3.42. The standard InChI is InChI=1S/C17H18FNO2S/c1-3-22(20,21)19-12-13(2)14-8-10-15(11-9-14)16-6-4-5-7-17(16)18/h3-11,13,19H,1,12H2,2H3. The van der Waals surface area contributed by atoms with E-state index in [4.69, 9.17) is 0 Å². The Morgan fingerprint density at radius 2 is 1.82 bits per heavy atom. The Hall–Kier alpha value is -1.98. The minimum absolute atomic E-state index is 0.00407. The summed E-state index contributed by atoms with van der Waals surface area (Å²) in [5.74, 6) is -0.258. The van der Waals surface area contributed by atoms with Crippen molar-refractivity contribution in [2.45, 2.75) is 12.8 Å². The number of nitrogens with one attached hydrogen (secondary N) is 1. The summed E-state index contributed by atoms with van der Waals surface area (Å²) in [5.41, 5.74) is 2.32. The zero-order chi connectivity index (χ0) is 16.2. The summed E-state index contributed by atoms with van der Waals surface area (Å²) in [6.07, 6.45) is 0. The molecule has 0 bridgehead atoms. The predicted octanol–water partition coefficient (Wildman–Crippen LogP) is 3.66. The van der Waals surface area contributed by atoms with E-state index < -0.39 is 10.0 Å². The van der Waals surface area contributed by atoms with Crippen LogP contribution in [0.1, 0.15) is 18.4 Å². The molecule has 1 N–H and O–H groups in total. The smallest absolute Gasteiger partial charge is 0.211 e. The quantitative estimate of drug-likeness (QED) is 0.883. The molecule has 0 saturated carbocycles. The van der Waals surface area contributed by atoms with Crippen LogP contribution >= 0.6 is 0 Å². The van der Waals surface area contributed by atoms with Gasteiger partial charge in [0.2, 0.25) is 10.0 Å². The van der Waals surface area contributed by atoms with Gasteiger partial charge < -0.3 is 0 Å². The van der Waals surface area contributed by atoms with Crippen molar-refractivity contribution in [3.63, 3.8) is 0 Å². The Labute approximate surface area is 130 Å². The highest BCUT2D eigenvalue weighted by Crippen LogP contribution is 2.24. The summed E-state index contributed by atoms with van der Waals surface area (Å²) in [4.78, 5) is 0. The van der Waals surface area contributed by atoms with Gasteiger partial charge in [0.15, 0.2) is 0 Å². The molecule has 0 heterocycles. The fourth-order valence-corrected chi connectivity index (χ4v) is 2.70. The van der Waals surface area contributed by atoms with E-state index in [9.17, 15) is 12.8 Å². The third kappa shape index (κ3) is 4.02. The molecule has 1 unspecified atom stereocenters. The van der Waals surface area contributed by atoms with E-state index in [1.54, 1.807) is 18.2 Å². The third-order valence-corrected chi connectivity index (χ3v) is 4.48. The zero-order valence-corrected chi connectivity index (χ0v) is 13.1. The first kappa shape index (κ1) is 16.4. The van der Waals surface area contributed by atoms with Crippen LogP contribution in [-0.4, -0.2) is 15.0 Å². The molecule has 0 aliphatic rings. The van der Waals surface area contributed by atoms with E-state index in [2.05, 4.69) is 11.3 Å². The van der Waals surface area contributed by atoms with Crippen LogP contribution in [0.3, 0.4) is 0 Å². The Kier molecular flexibility index (Phi) is 5.11. The van der Waals surface area contributed by atoms with Gasteiger partial charge in [0.25, 0.3) is 0 Å². The van der Waals surface area contributed by atoms with E-state index in [1.807, 2.05) is 31.2 Å². The number of sulfonamides is 1. The molecule has 0 aromatic heterocycles. The first-order valence-electron chi connectivity index (χ1n) is 6.90. The van der Waals surface area contributed by atoms with E-state index >= 15 is 0 Å². The molecule has 0 aliphatic heterocycles. The normalized spacial score (nSPS) is 12.8.